The second-order valence-corrected chi connectivity index (χ2v) is 6.30. The zero-order valence-electron chi connectivity index (χ0n) is 15.8. The topological polar surface area (TPSA) is 55.3 Å². The molecule has 1 saturated heterocycles. The van der Waals surface area contributed by atoms with Gasteiger partial charge in [0, 0.05) is 38.7 Å². The predicted molar refractivity (Wildman–Crippen MR) is 101 cm³/mol. The molecule has 1 aliphatic heterocycles. The normalized spacial score (nSPS) is 19.0. The Morgan fingerprint density at radius 1 is 1.40 bits per heavy atom. The first kappa shape index (κ1) is 19.4. The fourth-order valence-electron chi connectivity index (χ4n) is 2.96. The summed E-state index contributed by atoms with van der Waals surface area (Å²) < 4.78 is 16.7. The monoisotopic (exact) mass is 349 g/mol. The van der Waals surface area contributed by atoms with Crippen molar-refractivity contribution in [2.24, 2.45) is 10.9 Å². The van der Waals surface area contributed by atoms with Gasteiger partial charge < -0.3 is 24.4 Å². The summed E-state index contributed by atoms with van der Waals surface area (Å²) in [6.07, 6.45) is 1.17. The average Bonchev–Trinajstić information content (AvgIpc) is 3.09. The van der Waals surface area contributed by atoms with E-state index in [2.05, 4.69) is 15.2 Å². The fraction of sp³-hybridized carbons (Fsp3) is 0.632. The first-order chi connectivity index (χ1) is 12.2. The van der Waals surface area contributed by atoms with Crippen molar-refractivity contribution in [3.8, 4) is 11.5 Å². The molecule has 1 N–H and O–H groups in total. The highest BCUT2D eigenvalue weighted by Crippen LogP contribution is 2.20. The highest BCUT2D eigenvalue weighted by atomic mass is 16.5. The Morgan fingerprint density at radius 2 is 2.20 bits per heavy atom. The third-order valence-electron chi connectivity index (χ3n) is 4.28. The van der Waals surface area contributed by atoms with Gasteiger partial charge in [-0.05, 0) is 32.4 Å². The lowest BCUT2D eigenvalue weighted by molar-refractivity contribution is 0.114. The lowest BCUT2D eigenvalue weighted by Crippen LogP contribution is -2.43. The van der Waals surface area contributed by atoms with Gasteiger partial charge in [0.1, 0.15) is 17.6 Å². The smallest absolute Gasteiger partial charge is 0.193 e. The molecule has 2 rings (SSSR count). The summed E-state index contributed by atoms with van der Waals surface area (Å²) in [6, 6.07) is 7.66. The SMILES string of the molecule is CCOCC1CCN(C(=NC)NCC(C)Oc2cccc(OC)c2)C1. The third-order valence-corrected chi connectivity index (χ3v) is 4.28. The van der Waals surface area contributed by atoms with E-state index >= 15 is 0 Å². The van der Waals surface area contributed by atoms with Crippen molar-refractivity contribution in [3.05, 3.63) is 24.3 Å². The predicted octanol–water partition coefficient (Wildman–Crippen LogP) is 2.40. The molecule has 2 unspecified atom stereocenters. The van der Waals surface area contributed by atoms with Crippen LogP contribution in [0.1, 0.15) is 20.3 Å². The Balaban J connectivity index is 1.78. The number of methoxy groups -OCH3 is 1. The first-order valence-corrected chi connectivity index (χ1v) is 9.00. The van der Waals surface area contributed by atoms with Crippen LogP contribution in [0.5, 0.6) is 11.5 Å². The fourth-order valence-corrected chi connectivity index (χ4v) is 2.96. The summed E-state index contributed by atoms with van der Waals surface area (Å²) in [6.45, 7) is 8.39. The van der Waals surface area contributed by atoms with Crippen LogP contribution in [-0.4, -0.2) is 64.0 Å². The molecule has 1 heterocycles. The van der Waals surface area contributed by atoms with E-state index in [1.54, 1.807) is 7.11 Å². The van der Waals surface area contributed by atoms with E-state index in [1.165, 1.54) is 0 Å². The van der Waals surface area contributed by atoms with Crippen LogP contribution in [-0.2, 0) is 4.74 Å². The largest absolute Gasteiger partial charge is 0.497 e. The van der Waals surface area contributed by atoms with Crippen molar-refractivity contribution in [1.82, 2.24) is 10.2 Å². The maximum atomic E-state index is 5.95. The van der Waals surface area contributed by atoms with E-state index in [1.807, 2.05) is 45.2 Å². The van der Waals surface area contributed by atoms with Gasteiger partial charge in [0.05, 0.1) is 20.3 Å². The molecule has 0 radical (unpaired) electrons. The average molecular weight is 349 g/mol. The zero-order valence-corrected chi connectivity index (χ0v) is 15.8. The van der Waals surface area contributed by atoms with Gasteiger partial charge in [0.25, 0.3) is 0 Å². The number of nitrogens with one attached hydrogen (secondary N) is 1. The van der Waals surface area contributed by atoms with Gasteiger partial charge in [-0.2, -0.15) is 0 Å². The summed E-state index contributed by atoms with van der Waals surface area (Å²) in [5.41, 5.74) is 0. The van der Waals surface area contributed by atoms with Crippen LogP contribution in [0.2, 0.25) is 0 Å². The van der Waals surface area contributed by atoms with Crippen LogP contribution >= 0.6 is 0 Å². The van der Waals surface area contributed by atoms with Crippen LogP contribution < -0.4 is 14.8 Å². The molecule has 0 saturated carbocycles. The van der Waals surface area contributed by atoms with Crippen molar-refractivity contribution in [2.75, 3.05) is 47.0 Å². The number of hydrogen-bond donors (Lipinski definition) is 1. The van der Waals surface area contributed by atoms with Gasteiger partial charge in [-0.25, -0.2) is 0 Å². The van der Waals surface area contributed by atoms with E-state index in [4.69, 9.17) is 14.2 Å². The van der Waals surface area contributed by atoms with Gasteiger partial charge in [-0.1, -0.05) is 6.07 Å². The lowest BCUT2D eigenvalue weighted by atomic mass is 10.1. The third kappa shape index (κ3) is 6.12. The number of nitrogens with zero attached hydrogens (tertiary/aromatic N) is 2. The van der Waals surface area contributed by atoms with Gasteiger partial charge in [-0.15, -0.1) is 0 Å². The summed E-state index contributed by atoms with van der Waals surface area (Å²) in [4.78, 5) is 6.70. The minimum atomic E-state index is 0.0191. The van der Waals surface area contributed by atoms with Gasteiger partial charge >= 0.3 is 0 Å². The molecule has 6 nitrogen and oxygen atoms in total. The number of aliphatic imine (C=N–C) groups is 1. The Morgan fingerprint density at radius 3 is 2.92 bits per heavy atom. The summed E-state index contributed by atoms with van der Waals surface area (Å²) in [5.74, 6) is 3.12. The standard InChI is InChI=1S/C19H31N3O3/c1-5-24-14-16-9-10-22(13-16)19(20-3)21-12-15(2)25-18-8-6-7-17(11-18)23-4/h6-8,11,15-16H,5,9-10,12-14H2,1-4H3,(H,20,21). The molecular formula is C19H31N3O3. The van der Waals surface area contributed by atoms with Crippen molar-refractivity contribution in [3.63, 3.8) is 0 Å². The number of guanidine groups is 1. The number of hydrogen-bond acceptors (Lipinski definition) is 4. The number of ether oxygens (including phenoxy) is 3. The lowest BCUT2D eigenvalue weighted by Gasteiger charge is -2.23. The van der Waals surface area contributed by atoms with Crippen LogP contribution in [0.15, 0.2) is 29.3 Å². The molecule has 0 bridgehead atoms. The maximum Gasteiger partial charge on any atom is 0.193 e. The molecule has 140 valence electrons. The van der Waals surface area contributed by atoms with Crippen LogP contribution in [0, 0.1) is 5.92 Å². The van der Waals surface area contributed by atoms with Crippen LogP contribution in [0.4, 0.5) is 0 Å². The Bertz CT molecular complexity index is 550. The van der Waals surface area contributed by atoms with Gasteiger partial charge in [0.15, 0.2) is 5.96 Å². The van der Waals surface area contributed by atoms with E-state index in [0.29, 0.717) is 12.5 Å². The highest BCUT2D eigenvalue weighted by molar-refractivity contribution is 5.80. The van der Waals surface area contributed by atoms with Gasteiger partial charge in [-0.3, -0.25) is 4.99 Å². The molecular weight excluding hydrogens is 318 g/mol. The summed E-state index contributed by atoms with van der Waals surface area (Å²) in [7, 11) is 3.48. The molecule has 1 aromatic rings. The molecule has 1 aliphatic rings. The molecule has 2 atom stereocenters. The second kappa shape index (κ2) is 10.1. The van der Waals surface area contributed by atoms with Gasteiger partial charge in [0.2, 0.25) is 0 Å². The van der Waals surface area contributed by atoms with Crippen molar-refractivity contribution < 1.29 is 14.2 Å². The quantitative estimate of drug-likeness (QED) is 0.577. The summed E-state index contributed by atoms with van der Waals surface area (Å²) in [5, 5.41) is 3.42. The molecule has 0 amide bonds. The molecule has 0 aliphatic carbocycles. The van der Waals surface area contributed by atoms with Crippen LogP contribution in [0.3, 0.4) is 0 Å². The number of rotatable bonds is 8. The maximum absolute atomic E-state index is 5.95. The van der Waals surface area contributed by atoms with Crippen molar-refractivity contribution in [1.29, 1.82) is 0 Å². The zero-order chi connectivity index (χ0) is 18.1. The minimum absolute atomic E-state index is 0.0191. The van der Waals surface area contributed by atoms with E-state index < -0.39 is 0 Å². The molecule has 6 heteroatoms. The van der Waals surface area contributed by atoms with Crippen molar-refractivity contribution in [2.45, 2.75) is 26.4 Å². The van der Waals surface area contributed by atoms with E-state index in [-0.39, 0.29) is 6.10 Å². The Labute approximate surface area is 151 Å². The van der Waals surface area contributed by atoms with E-state index in [9.17, 15) is 0 Å². The van der Waals surface area contributed by atoms with Crippen LogP contribution in [0.25, 0.3) is 0 Å². The number of likely N-dealkylation sites (tertiary alicyclic amines) is 1. The molecule has 1 fully saturated rings. The Hall–Kier alpha value is -1.95. The molecule has 25 heavy (non-hydrogen) atoms. The van der Waals surface area contributed by atoms with E-state index in [0.717, 1.165) is 50.2 Å². The van der Waals surface area contributed by atoms with Crippen molar-refractivity contribution >= 4 is 5.96 Å². The number of benzene rings is 1. The second-order valence-electron chi connectivity index (χ2n) is 6.30. The highest BCUT2D eigenvalue weighted by Gasteiger charge is 2.25. The summed E-state index contributed by atoms with van der Waals surface area (Å²) >= 11 is 0. The Kier molecular flexibility index (Phi) is 7.85. The molecule has 0 spiro atoms. The first-order valence-electron chi connectivity index (χ1n) is 9.00. The minimum Gasteiger partial charge on any atom is -0.497 e. The molecule has 0 aromatic heterocycles. The molecule has 1 aromatic carbocycles.